The maximum absolute atomic E-state index is 12.7. The third-order valence-electron chi connectivity index (χ3n) is 3.77. The maximum atomic E-state index is 12.7. The van der Waals surface area contributed by atoms with Crippen LogP contribution in [0.3, 0.4) is 0 Å². The van der Waals surface area contributed by atoms with E-state index in [1.165, 1.54) is 0 Å². The van der Waals surface area contributed by atoms with E-state index in [1.807, 2.05) is 44.2 Å². The number of aliphatic hydroxyl groups excluding tert-OH is 1. The molecule has 0 aliphatic rings. The summed E-state index contributed by atoms with van der Waals surface area (Å²) >= 11 is 0. The molecule has 2 aromatic rings. The molecule has 1 atom stereocenters. The second-order valence-electron chi connectivity index (χ2n) is 5.94. The van der Waals surface area contributed by atoms with Gasteiger partial charge in [0.2, 0.25) is 0 Å². The third kappa shape index (κ3) is 4.56. The van der Waals surface area contributed by atoms with Gasteiger partial charge < -0.3 is 15.3 Å². The second kappa shape index (κ2) is 7.78. The van der Waals surface area contributed by atoms with Gasteiger partial charge in [0, 0.05) is 19.8 Å². The van der Waals surface area contributed by atoms with Crippen molar-refractivity contribution in [3.05, 3.63) is 48.3 Å². The molecule has 2 rings (SSSR count). The Morgan fingerprint density at radius 3 is 2.57 bits per heavy atom. The van der Waals surface area contributed by atoms with Crippen molar-refractivity contribution >= 4 is 11.7 Å². The number of nitrogens with zero attached hydrogens (tertiary/aromatic N) is 3. The highest BCUT2D eigenvalue weighted by atomic mass is 16.3. The second-order valence-corrected chi connectivity index (χ2v) is 5.94. The summed E-state index contributed by atoms with van der Waals surface area (Å²) in [5.41, 5.74) is 1.66. The van der Waals surface area contributed by atoms with Crippen molar-refractivity contribution in [1.29, 1.82) is 0 Å². The van der Waals surface area contributed by atoms with Crippen LogP contribution in [0.1, 0.15) is 19.4 Å². The van der Waals surface area contributed by atoms with Crippen molar-refractivity contribution in [2.24, 2.45) is 13.0 Å². The van der Waals surface area contributed by atoms with E-state index >= 15 is 0 Å². The Morgan fingerprint density at radius 1 is 1.35 bits per heavy atom. The molecule has 6 heteroatoms. The lowest BCUT2D eigenvalue weighted by atomic mass is 10.0. The molecule has 0 spiro atoms. The van der Waals surface area contributed by atoms with Gasteiger partial charge in [-0.3, -0.25) is 4.68 Å². The van der Waals surface area contributed by atoms with E-state index in [9.17, 15) is 9.90 Å². The number of anilines is 1. The predicted octanol–water partition coefficient (Wildman–Crippen LogP) is 2.47. The van der Waals surface area contributed by atoms with Gasteiger partial charge in [0.1, 0.15) is 0 Å². The smallest absolute Gasteiger partial charge is 0.322 e. The first-order chi connectivity index (χ1) is 11.0. The van der Waals surface area contributed by atoms with Crippen LogP contribution in [0.2, 0.25) is 0 Å². The summed E-state index contributed by atoms with van der Waals surface area (Å²) in [5.74, 6) is 0.142. The number of aromatic nitrogens is 2. The minimum absolute atomic E-state index is 0.0784. The van der Waals surface area contributed by atoms with Crippen molar-refractivity contribution in [2.75, 3.05) is 11.9 Å². The number of carbonyl (C=O) groups is 1. The van der Waals surface area contributed by atoms with E-state index in [0.717, 1.165) is 5.56 Å². The number of urea groups is 1. The molecule has 2 amide bonds. The van der Waals surface area contributed by atoms with Crippen LogP contribution in [-0.2, 0) is 13.6 Å². The predicted molar refractivity (Wildman–Crippen MR) is 89.9 cm³/mol. The fourth-order valence-corrected chi connectivity index (χ4v) is 2.47. The zero-order valence-electron chi connectivity index (χ0n) is 13.8. The number of aryl methyl sites for hydroxylation is 1. The average Bonchev–Trinajstić information content (AvgIpc) is 2.92. The molecule has 0 radical (unpaired) electrons. The molecule has 0 saturated heterocycles. The lowest BCUT2D eigenvalue weighted by molar-refractivity contribution is 0.110. The number of amides is 2. The summed E-state index contributed by atoms with van der Waals surface area (Å²) in [6.07, 6.45) is 3.34. The van der Waals surface area contributed by atoms with E-state index in [4.69, 9.17) is 0 Å². The lowest BCUT2D eigenvalue weighted by Gasteiger charge is -2.33. The minimum atomic E-state index is -0.258. The van der Waals surface area contributed by atoms with E-state index in [2.05, 4.69) is 10.4 Å². The van der Waals surface area contributed by atoms with Crippen molar-refractivity contribution in [1.82, 2.24) is 14.7 Å². The number of hydrogen-bond acceptors (Lipinski definition) is 3. The van der Waals surface area contributed by atoms with Crippen LogP contribution in [0.4, 0.5) is 10.5 Å². The normalized spacial score (nSPS) is 12.2. The minimum Gasteiger partial charge on any atom is -0.394 e. The standard InChI is InChI=1S/C17H24N4O2/c1-13(2)16(12-22)21(10-14-7-5-4-6-8-14)17(23)19-15-9-18-20(3)11-15/h4-9,11,13,16,22H,10,12H2,1-3H3,(H,19,23)/t16-/m0/s1. The number of carbonyl (C=O) groups excluding carboxylic acids is 1. The molecule has 0 aliphatic heterocycles. The molecular weight excluding hydrogens is 292 g/mol. The Morgan fingerprint density at radius 2 is 2.04 bits per heavy atom. The fourth-order valence-electron chi connectivity index (χ4n) is 2.47. The van der Waals surface area contributed by atoms with Gasteiger partial charge in [-0.15, -0.1) is 0 Å². The third-order valence-corrected chi connectivity index (χ3v) is 3.77. The lowest BCUT2D eigenvalue weighted by Crippen LogP contribution is -2.47. The Bertz CT molecular complexity index is 625. The molecule has 0 aliphatic carbocycles. The van der Waals surface area contributed by atoms with E-state index < -0.39 is 0 Å². The number of benzene rings is 1. The average molecular weight is 316 g/mol. The van der Waals surface area contributed by atoms with E-state index in [1.54, 1.807) is 29.0 Å². The summed E-state index contributed by atoms with van der Waals surface area (Å²) in [4.78, 5) is 14.4. The topological polar surface area (TPSA) is 70.4 Å². The number of nitrogens with one attached hydrogen (secondary N) is 1. The molecule has 6 nitrogen and oxygen atoms in total. The van der Waals surface area contributed by atoms with E-state index in [-0.39, 0.29) is 24.6 Å². The van der Waals surface area contributed by atoms with Gasteiger partial charge >= 0.3 is 6.03 Å². The Hall–Kier alpha value is -2.34. The molecule has 1 aromatic heterocycles. The van der Waals surface area contributed by atoms with Gasteiger partial charge in [0.25, 0.3) is 0 Å². The summed E-state index contributed by atoms with van der Waals surface area (Å²) in [6.45, 7) is 4.35. The SMILES string of the molecule is CC(C)[C@H](CO)N(Cc1ccccc1)C(=O)Nc1cnn(C)c1. The van der Waals surface area contributed by atoms with Gasteiger partial charge in [0.05, 0.1) is 24.5 Å². The number of aliphatic hydroxyl groups is 1. The molecule has 124 valence electrons. The first-order valence-corrected chi connectivity index (χ1v) is 7.72. The van der Waals surface area contributed by atoms with E-state index in [0.29, 0.717) is 12.2 Å². The zero-order valence-corrected chi connectivity index (χ0v) is 13.8. The Kier molecular flexibility index (Phi) is 5.76. The van der Waals surface area contributed by atoms with Crippen LogP contribution in [0.15, 0.2) is 42.7 Å². The van der Waals surface area contributed by atoms with Crippen LogP contribution in [0, 0.1) is 5.92 Å². The molecule has 2 N–H and O–H groups in total. The molecule has 23 heavy (non-hydrogen) atoms. The number of rotatable bonds is 6. The quantitative estimate of drug-likeness (QED) is 0.860. The Balaban J connectivity index is 2.19. The highest BCUT2D eigenvalue weighted by molar-refractivity contribution is 5.89. The molecule has 0 fully saturated rings. The summed E-state index contributed by atoms with van der Waals surface area (Å²) in [5, 5.41) is 16.6. The summed E-state index contributed by atoms with van der Waals surface area (Å²) in [6, 6.07) is 9.26. The van der Waals surface area contributed by atoms with Crippen LogP contribution in [0.5, 0.6) is 0 Å². The summed E-state index contributed by atoms with van der Waals surface area (Å²) in [7, 11) is 1.79. The largest absolute Gasteiger partial charge is 0.394 e. The highest BCUT2D eigenvalue weighted by Crippen LogP contribution is 2.17. The van der Waals surface area contributed by atoms with Crippen molar-refractivity contribution in [2.45, 2.75) is 26.4 Å². The first kappa shape index (κ1) is 17.0. The van der Waals surface area contributed by atoms with Crippen LogP contribution < -0.4 is 5.32 Å². The highest BCUT2D eigenvalue weighted by Gasteiger charge is 2.26. The van der Waals surface area contributed by atoms with Crippen LogP contribution in [0.25, 0.3) is 0 Å². The first-order valence-electron chi connectivity index (χ1n) is 7.72. The fraction of sp³-hybridized carbons (Fsp3) is 0.412. The summed E-state index contributed by atoms with van der Waals surface area (Å²) < 4.78 is 1.63. The van der Waals surface area contributed by atoms with Crippen molar-refractivity contribution in [3.8, 4) is 0 Å². The van der Waals surface area contributed by atoms with Gasteiger partial charge in [-0.25, -0.2) is 4.79 Å². The van der Waals surface area contributed by atoms with Gasteiger partial charge in [0.15, 0.2) is 0 Å². The van der Waals surface area contributed by atoms with Crippen molar-refractivity contribution < 1.29 is 9.90 Å². The molecule has 0 unspecified atom stereocenters. The maximum Gasteiger partial charge on any atom is 0.322 e. The van der Waals surface area contributed by atoms with Crippen molar-refractivity contribution in [3.63, 3.8) is 0 Å². The molecule has 0 saturated carbocycles. The van der Waals surface area contributed by atoms with Gasteiger partial charge in [-0.05, 0) is 11.5 Å². The van der Waals surface area contributed by atoms with Gasteiger partial charge in [-0.2, -0.15) is 5.10 Å². The monoisotopic (exact) mass is 316 g/mol. The molecule has 1 aromatic carbocycles. The number of hydrogen-bond donors (Lipinski definition) is 2. The van der Waals surface area contributed by atoms with Crippen LogP contribution >= 0.6 is 0 Å². The molecular formula is C17H24N4O2. The Labute approximate surface area is 136 Å². The van der Waals surface area contributed by atoms with Crippen LogP contribution in [-0.4, -0.2) is 38.5 Å². The van der Waals surface area contributed by atoms with Gasteiger partial charge in [-0.1, -0.05) is 44.2 Å². The zero-order chi connectivity index (χ0) is 16.8. The molecule has 1 heterocycles. The molecule has 0 bridgehead atoms.